The minimum atomic E-state index is -0.0852. The van der Waals surface area contributed by atoms with Crippen LogP contribution in [-0.4, -0.2) is 21.0 Å². The number of aryl methyl sites for hydroxylation is 2. The standard InChI is InChI=1S/C14H22N2O/c1-16-10(8-9-15-16)6-7-13(17)14-11-4-2-3-5-12(11)14/h8-9,11-14,17H,2-7H2,1H3. The smallest absolute Gasteiger partial charge is 0.0577 e. The fraction of sp³-hybridized carbons (Fsp3) is 0.786. The molecule has 0 spiro atoms. The molecule has 17 heavy (non-hydrogen) atoms. The molecular formula is C14H22N2O. The van der Waals surface area contributed by atoms with Crippen LogP contribution in [0.4, 0.5) is 0 Å². The second-order valence-electron chi connectivity index (χ2n) is 5.74. The predicted molar refractivity (Wildman–Crippen MR) is 66.5 cm³/mol. The molecule has 2 aliphatic carbocycles. The molecule has 0 aromatic carbocycles. The molecule has 0 amide bonds. The topological polar surface area (TPSA) is 38.0 Å². The molecule has 94 valence electrons. The van der Waals surface area contributed by atoms with Crippen molar-refractivity contribution in [2.75, 3.05) is 0 Å². The van der Waals surface area contributed by atoms with Gasteiger partial charge in [-0.2, -0.15) is 5.10 Å². The fourth-order valence-corrected chi connectivity index (χ4v) is 3.75. The van der Waals surface area contributed by atoms with Gasteiger partial charge in [0, 0.05) is 18.9 Å². The Morgan fingerprint density at radius 3 is 2.71 bits per heavy atom. The Bertz CT molecular complexity index is 375. The first-order valence-corrected chi connectivity index (χ1v) is 6.92. The largest absolute Gasteiger partial charge is 0.393 e. The van der Waals surface area contributed by atoms with Gasteiger partial charge in [-0.15, -0.1) is 0 Å². The molecule has 3 unspecified atom stereocenters. The summed E-state index contributed by atoms with van der Waals surface area (Å²) in [6, 6.07) is 2.05. The van der Waals surface area contributed by atoms with Gasteiger partial charge in [-0.05, 0) is 49.5 Å². The number of aliphatic hydroxyl groups excluding tert-OH is 1. The Morgan fingerprint density at radius 1 is 1.41 bits per heavy atom. The van der Waals surface area contributed by atoms with Crippen LogP contribution in [0.1, 0.15) is 37.8 Å². The number of hydrogen-bond donors (Lipinski definition) is 1. The van der Waals surface area contributed by atoms with Gasteiger partial charge in [-0.1, -0.05) is 12.8 Å². The van der Waals surface area contributed by atoms with Crippen molar-refractivity contribution in [3.8, 4) is 0 Å². The van der Waals surface area contributed by atoms with Crippen molar-refractivity contribution in [3.63, 3.8) is 0 Å². The Kier molecular flexibility index (Phi) is 2.95. The lowest BCUT2D eigenvalue weighted by atomic mass is 10.0. The average Bonchev–Trinajstić information content (AvgIpc) is 2.94. The third-order valence-electron chi connectivity index (χ3n) is 4.79. The molecule has 0 radical (unpaired) electrons. The summed E-state index contributed by atoms with van der Waals surface area (Å²) in [4.78, 5) is 0. The summed E-state index contributed by atoms with van der Waals surface area (Å²) >= 11 is 0. The molecule has 1 aromatic rings. The highest BCUT2D eigenvalue weighted by Crippen LogP contribution is 2.57. The minimum Gasteiger partial charge on any atom is -0.393 e. The van der Waals surface area contributed by atoms with Crippen LogP contribution in [0.25, 0.3) is 0 Å². The van der Waals surface area contributed by atoms with E-state index in [0.717, 1.165) is 24.7 Å². The highest BCUT2D eigenvalue weighted by Gasteiger charge is 2.53. The maximum atomic E-state index is 10.3. The number of hydrogen-bond acceptors (Lipinski definition) is 2. The summed E-state index contributed by atoms with van der Waals surface area (Å²) in [7, 11) is 1.97. The molecule has 0 saturated heterocycles. The lowest BCUT2D eigenvalue weighted by Gasteiger charge is -2.10. The van der Waals surface area contributed by atoms with Gasteiger partial charge in [-0.3, -0.25) is 4.68 Å². The van der Waals surface area contributed by atoms with Crippen LogP contribution >= 0.6 is 0 Å². The second-order valence-corrected chi connectivity index (χ2v) is 5.74. The van der Waals surface area contributed by atoms with Crippen molar-refractivity contribution in [2.45, 2.75) is 44.6 Å². The van der Waals surface area contributed by atoms with Gasteiger partial charge in [-0.25, -0.2) is 0 Å². The van der Waals surface area contributed by atoms with E-state index in [1.807, 2.05) is 24.0 Å². The zero-order valence-corrected chi connectivity index (χ0v) is 10.5. The van der Waals surface area contributed by atoms with E-state index in [4.69, 9.17) is 0 Å². The molecule has 1 N–H and O–H groups in total. The van der Waals surface area contributed by atoms with Gasteiger partial charge in [0.15, 0.2) is 0 Å². The van der Waals surface area contributed by atoms with Crippen LogP contribution in [0.5, 0.6) is 0 Å². The quantitative estimate of drug-likeness (QED) is 0.867. The van der Waals surface area contributed by atoms with E-state index in [1.54, 1.807) is 0 Å². The monoisotopic (exact) mass is 234 g/mol. The zero-order chi connectivity index (χ0) is 11.8. The van der Waals surface area contributed by atoms with Crippen LogP contribution in [-0.2, 0) is 13.5 Å². The molecule has 0 aliphatic heterocycles. The van der Waals surface area contributed by atoms with E-state index in [-0.39, 0.29) is 6.10 Å². The molecule has 2 aliphatic rings. The molecule has 1 aromatic heterocycles. The SMILES string of the molecule is Cn1nccc1CCC(O)C1C2CCCCC21. The molecule has 2 saturated carbocycles. The normalized spacial score (nSPS) is 33.2. The third kappa shape index (κ3) is 2.13. The van der Waals surface area contributed by atoms with Gasteiger partial charge in [0.25, 0.3) is 0 Å². The Hall–Kier alpha value is -0.830. The minimum absolute atomic E-state index is 0.0852. The highest BCUT2D eigenvalue weighted by molar-refractivity contribution is 5.05. The highest BCUT2D eigenvalue weighted by atomic mass is 16.3. The molecule has 3 rings (SSSR count). The van der Waals surface area contributed by atoms with Gasteiger partial charge in [0.2, 0.25) is 0 Å². The van der Waals surface area contributed by atoms with Gasteiger partial charge in [0.1, 0.15) is 0 Å². The van der Waals surface area contributed by atoms with Crippen molar-refractivity contribution < 1.29 is 5.11 Å². The maximum absolute atomic E-state index is 10.3. The van der Waals surface area contributed by atoms with E-state index < -0.39 is 0 Å². The molecular weight excluding hydrogens is 212 g/mol. The van der Waals surface area contributed by atoms with Crippen molar-refractivity contribution in [1.29, 1.82) is 0 Å². The number of rotatable bonds is 4. The van der Waals surface area contributed by atoms with Crippen LogP contribution in [0.2, 0.25) is 0 Å². The summed E-state index contributed by atoms with van der Waals surface area (Å²) in [6.07, 6.45) is 9.08. The van der Waals surface area contributed by atoms with Gasteiger partial charge >= 0.3 is 0 Å². The van der Waals surface area contributed by atoms with Crippen molar-refractivity contribution >= 4 is 0 Å². The van der Waals surface area contributed by atoms with Gasteiger partial charge < -0.3 is 5.11 Å². The first-order valence-electron chi connectivity index (χ1n) is 6.92. The molecule has 3 atom stereocenters. The summed E-state index contributed by atoms with van der Waals surface area (Å²) in [5.74, 6) is 2.32. The van der Waals surface area contributed by atoms with E-state index in [0.29, 0.717) is 5.92 Å². The Balaban J connectivity index is 1.51. The summed E-state index contributed by atoms with van der Waals surface area (Å²) in [6.45, 7) is 0. The van der Waals surface area contributed by atoms with E-state index in [9.17, 15) is 5.11 Å². The van der Waals surface area contributed by atoms with Crippen molar-refractivity contribution in [3.05, 3.63) is 18.0 Å². The first-order chi connectivity index (χ1) is 8.27. The lowest BCUT2D eigenvalue weighted by Crippen LogP contribution is -2.13. The molecule has 2 fully saturated rings. The third-order valence-corrected chi connectivity index (χ3v) is 4.79. The van der Waals surface area contributed by atoms with E-state index in [2.05, 4.69) is 5.10 Å². The van der Waals surface area contributed by atoms with Crippen molar-refractivity contribution in [1.82, 2.24) is 9.78 Å². The number of aromatic nitrogens is 2. The second kappa shape index (κ2) is 4.45. The maximum Gasteiger partial charge on any atom is 0.0577 e. The number of fused-ring (bicyclic) bond motifs is 1. The van der Waals surface area contributed by atoms with Crippen molar-refractivity contribution in [2.24, 2.45) is 24.8 Å². The van der Waals surface area contributed by atoms with Gasteiger partial charge in [0.05, 0.1) is 6.10 Å². The summed E-state index contributed by atoms with van der Waals surface area (Å²) in [5.41, 5.74) is 1.23. The zero-order valence-electron chi connectivity index (χ0n) is 10.5. The predicted octanol–water partition coefficient (Wildman–Crippen LogP) is 2.15. The first kappa shape index (κ1) is 11.3. The molecule has 3 heteroatoms. The van der Waals surface area contributed by atoms with E-state index >= 15 is 0 Å². The number of nitrogens with zero attached hydrogens (tertiary/aromatic N) is 2. The van der Waals surface area contributed by atoms with Crippen LogP contribution in [0.3, 0.4) is 0 Å². The summed E-state index contributed by atoms with van der Waals surface area (Å²) < 4.78 is 1.91. The van der Waals surface area contributed by atoms with Crippen LogP contribution in [0, 0.1) is 17.8 Å². The molecule has 1 heterocycles. The molecule has 0 bridgehead atoms. The van der Waals surface area contributed by atoms with E-state index in [1.165, 1.54) is 31.4 Å². The lowest BCUT2D eigenvalue weighted by molar-refractivity contribution is 0.130. The number of aliphatic hydroxyl groups is 1. The summed E-state index contributed by atoms with van der Waals surface area (Å²) in [5, 5.41) is 14.4. The molecule has 3 nitrogen and oxygen atoms in total. The van der Waals surface area contributed by atoms with Crippen LogP contribution in [0.15, 0.2) is 12.3 Å². The fourth-order valence-electron chi connectivity index (χ4n) is 3.75. The Labute approximate surface area is 103 Å². The average molecular weight is 234 g/mol. The van der Waals surface area contributed by atoms with Crippen LogP contribution < -0.4 is 0 Å². The Morgan fingerprint density at radius 2 is 2.12 bits per heavy atom.